The Morgan fingerprint density at radius 1 is 1.18 bits per heavy atom. The van der Waals surface area contributed by atoms with Gasteiger partial charge in [0.1, 0.15) is 5.75 Å². The first-order valence-electron chi connectivity index (χ1n) is 6.91. The van der Waals surface area contributed by atoms with Gasteiger partial charge >= 0.3 is 0 Å². The predicted molar refractivity (Wildman–Crippen MR) is 70.7 cm³/mol. The summed E-state index contributed by atoms with van der Waals surface area (Å²) in [5, 5.41) is 3.59. The Balaban J connectivity index is 1.57. The van der Waals surface area contributed by atoms with Crippen molar-refractivity contribution >= 4 is 5.69 Å². The van der Waals surface area contributed by atoms with Crippen LogP contribution in [-0.4, -0.2) is 13.2 Å². The maximum atomic E-state index is 5.52. The summed E-state index contributed by atoms with van der Waals surface area (Å²) in [6.07, 6.45) is 8.15. The molecule has 0 spiro atoms. The van der Waals surface area contributed by atoms with E-state index in [0.717, 1.165) is 31.2 Å². The molecule has 2 heteroatoms. The zero-order chi connectivity index (χ0) is 11.5. The van der Waals surface area contributed by atoms with Gasteiger partial charge in [0.2, 0.25) is 0 Å². The fraction of sp³-hybridized carbons (Fsp3) is 0.600. The second-order valence-electron chi connectivity index (χ2n) is 5.31. The molecule has 0 atom stereocenters. The quantitative estimate of drug-likeness (QED) is 0.858. The third kappa shape index (κ3) is 2.56. The van der Waals surface area contributed by atoms with Gasteiger partial charge in [-0.2, -0.15) is 0 Å². The van der Waals surface area contributed by atoms with Crippen LogP contribution in [0.5, 0.6) is 5.75 Å². The van der Waals surface area contributed by atoms with E-state index in [0.29, 0.717) is 0 Å². The lowest BCUT2D eigenvalue weighted by Crippen LogP contribution is -2.17. The summed E-state index contributed by atoms with van der Waals surface area (Å²) in [4.78, 5) is 0. The molecule has 0 radical (unpaired) electrons. The lowest BCUT2D eigenvalue weighted by atomic mass is 9.89. The maximum absolute atomic E-state index is 5.52. The minimum Gasteiger partial charge on any atom is -0.493 e. The molecule has 1 N–H and O–H groups in total. The third-order valence-electron chi connectivity index (χ3n) is 4.01. The fourth-order valence-corrected chi connectivity index (χ4v) is 2.95. The Hall–Kier alpha value is -1.18. The van der Waals surface area contributed by atoms with Crippen LogP contribution in [0.3, 0.4) is 0 Å². The molecule has 2 nitrogen and oxygen atoms in total. The zero-order valence-corrected chi connectivity index (χ0v) is 10.4. The molecular formula is C15H21NO. The summed E-state index contributed by atoms with van der Waals surface area (Å²) in [6, 6.07) is 6.50. The molecule has 17 heavy (non-hydrogen) atoms. The Kier molecular flexibility index (Phi) is 3.21. The molecule has 1 aliphatic carbocycles. The molecule has 1 fully saturated rings. The molecule has 0 bridgehead atoms. The normalized spacial score (nSPS) is 19.8. The van der Waals surface area contributed by atoms with Gasteiger partial charge in [0.15, 0.2) is 0 Å². The maximum Gasteiger partial charge on any atom is 0.122 e. The molecule has 92 valence electrons. The summed E-state index contributed by atoms with van der Waals surface area (Å²) in [7, 11) is 0. The van der Waals surface area contributed by atoms with Crippen LogP contribution >= 0.6 is 0 Å². The number of fused-ring (bicyclic) bond motifs is 1. The third-order valence-corrected chi connectivity index (χ3v) is 4.01. The highest BCUT2D eigenvalue weighted by Crippen LogP contribution is 2.29. The molecule has 0 saturated heterocycles. The number of ether oxygens (including phenoxy) is 1. The number of hydrogen-bond donors (Lipinski definition) is 1. The molecule has 0 amide bonds. The van der Waals surface area contributed by atoms with Crippen LogP contribution in [0.25, 0.3) is 0 Å². The van der Waals surface area contributed by atoms with E-state index in [-0.39, 0.29) is 0 Å². The molecule has 1 aromatic rings. The molecular weight excluding hydrogens is 210 g/mol. The van der Waals surface area contributed by atoms with Crippen LogP contribution in [-0.2, 0) is 6.42 Å². The molecule has 1 aliphatic heterocycles. The molecule has 2 aliphatic rings. The minimum atomic E-state index is 0.849. The van der Waals surface area contributed by atoms with Gasteiger partial charge in [0.25, 0.3) is 0 Å². The Morgan fingerprint density at radius 3 is 2.94 bits per heavy atom. The largest absolute Gasteiger partial charge is 0.493 e. The van der Waals surface area contributed by atoms with Crippen molar-refractivity contribution < 1.29 is 4.74 Å². The minimum absolute atomic E-state index is 0.849. The molecule has 0 unspecified atom stereocenters. The number of nitrogens with one attached hydrogen (secondary N) is 1. The second-order valence-corrected chi connectivity index (χ2v) is 5.31. The number of rotatable bonds is 3. The van der Waals surface area contributed by atoms with Crippen molar-refractivity contribution in [1.29, 1.82) is 0 Å². The van der Waals surface area contributed by atoms with E-state index >= 15 is 0 Å². The summed E-state index contributed by atoms with van der Waals surface area (Å²) in [5.41, 5.74) is 2.62. The molecule has 1 heterocycles. The van der Waals surface area contributed by atoms with Crippen LogP contribution in [0.15, 0.2) is 18.2 Å². The highest BCUT2D eigenvalue weighted by Gasteiger charge is 2.14. The van der Waals surface area contributed by atoms with E-state index in [2.05, 4.69) is 23.5 Å². The fourth-order valence-electron chi connectivity index (χ4n) is 2.95. The highest BCUT2D eigenvalue weighted by molar-refractivity contribution is 5.52. The van der Waals surface area contributed by atoms with Crippen molar-refractivity contribution in [1.82, 2.24) is 0 Å². The van der Waals surface area contributed by atoms with Gasteiger partial charge in [-0.1, -0.05) is 19.3 Å². The lowest BCUT2D eigenvalue weighted by Gasteiger charge is -2.22. The topological polar surface area (TPSA) is 21.3 Å². The monoisotopic (exact) mass is 231 g/mol. The SMILES string of the molecule is c1cc2c(cc1NCC1CCCCC1)CCO2. The van der Waals surface area contributed by atoms with Crippen LogP contribution in [0.4, 0.5) is 5.69 Å². The van der Waals surface area contributed by atoms with Crippen LogP contribution in [0.1, 0.15) is 37.7 Å². The second kappa shape index (κ2) is 4.99. The van der Waals surface area contributed by atoms with Crippen LogP contribution in [0, 0.1) is 5.92 Å². The zero-order valence-electron chi connectivity index (χ0n) is 10.4. The van der Waals surface area contributed by atoms with Crippen molar-refractivity contribution in [2.45, 2.75) is 38.5 Å². The molecule has 3 rings (SSSR count). The van der Waals surface area contributed by atoms with Gasteiger partial charge in [-0.25, -0.2) is 0 Å². The molecule has 0 aromatic heterocycles. The standard InChI is InChI=1S/C15H21NO/c1-2-4-12(5-3-1)11-16-14-6-7-15-13(10-14)8-9-17-15/h6-7,10,12,16H,1-5,8-9,11H2. The Bertz CT molecular complexity index is 383. The van der Waals surface area contributed by atoms with Gasteiger partial charge in [-0.3, -0.25) is 0 Å². The van der Waals surface area contributed by atoms with Gasteiger partial charge < -0.3 is 10.1 Å². The average Bonchev–Trinajstić information content (AvgIpc) is 2.85. The van der Waals surface area contributed by atoms with Crippen LogP contribution < -0.4 is 10.1 Å². The van der Waals surface area contributed by atoms with Gasteiger partial charge in [0.05, 0.1) is 6.61 Å². The summed E-state index contributed by atoms with van der Waals surface area (Å²) < 4.78 is 5.52. The van der Waals surface area contributed by atoms with E-state index in [9.17, 15) is 0 Å². The van der Waals surface area contributed by atoms with E-state index < -0.39 is 0 Å². The average molecular weight is 231 g/mol. The van der Waals surface area contributed by atoms with Crippen molar-refractivity contribution in [3.05, 3.63) is 23.8 Å². The van der Waals surface area contributed by atoms with E-state index in [4.69, 9.17) is 4.74 Å². The lowest BCUT2D eigenvalue weighted by molar-refractivity contribution is 0.357. The van der Waals surface area contributed by atoms with Gasteiger partial charge in [0, 0.05) is 18.7 Å². The molecule has 1 saturated carbocycles. The summed E-state index contributed by atoms with van der Waals surface area (Å²) in [6.45, 7) is 1.99. The van der Waals surface area contributed by atoms with Crippen molar-refractivity contribution in [3.8, 4) is 5.75 Å². The number of anilines is 1. The summed E-state index contributed by atoms with van der Waals surface area (Å²) >= 11 is 0. The first-order chi connectivity index (χ1) is 8.42. The van der Waals surface area contributed by atoms with Crippen LogP contribution in [0.2, 0.25) is 0 Å². The van der Waals surface area contributed by atoms with Crippen molar-refractivity contribution in [3.63, 3.8) is 0 Å². The Morgan fingerprint density at radius 2 is 2.06 bits per heavy atom. The van der Waals surface area contributed by atoms with Gasteiger partial charge in [-0.05, 0) is 42.5 Å². The highest BCUT2D eigenvalue weighted by atomic mass is 16.5. The van der Waals surface area contributed by atoms with E-state index in [1.807, 2.05) is 0 Å². The number of benzene rings is 1. The first-order valence-corrected chi connectivity index (χ1v) is 6.91. The number of hydrogen-bond acceptors (Lipinski definition) is 2. The summed E-state index contributed by atoms with van der Waals surface area (Å²) in [5.74, 6) is 1.96. The van der Waals surface area contributed by atoms with E-state index in [1.54, 1.807) is 0 Å². The van der Waals surface area contributed by atoms with E-state index in [1.165, 1.54) is 43.4 Å². The first kappa shape index (κ1) is 10.9. The van der Waals surface area contributed by atoms with Crippen molar-refractivity contribution in [2.75, 3.05) is 18.5 Å². The predicted octanol–water partition coefficient (Wildman–Crippen LogP) is 3.61. The Labute approximate surface area is 103 Å². The molecule has 1 aromatic carbocycles. The van der Waals surface area contributed by atoms with Gasteiger partial charge in [-0.15, -0.1) is 0 Å². The van der Waals surface area contributed by atoms with Crippen molar-refractivity contribution in [2.24, 2.45) is 5.92 Å². The smallest absolute Gasteiger partial charge is 0.122 e.